The van der Waals surface area contributed by atoms with E-state index in [-0.39, 0.29) is 24.7 Å². The summed E-state index contributed by atoms with van der Waals surface area (Å²) in [6.45, 7) is 7.46. The largest absolute Gasteiger partial charge is 0.271 e. The molecule has 4 nitrogen and oxygen atoms in total. The minimum Gasteiger partial charge on any atom is -0.271 e. The van der Waals surface area contributed by atoms with Gasteiger partial charge in [-0.1, -0.05) is 35.4 Å². The third-order valence-corrected chi connectivity index (χ3v) is 5.04. The molecule has 0 unspecified atom stereocenters. The lowest BCUT2D eigenvalue weighted by Crippen LogP contribution is -2.41. The second kappa shape index (κ2) is 7.59. The van der Waals surface area contributed by atoms with Crippen LogP contribution in [0.25, 0.3) is 0 Å². The number of anilines is 2. The zero-order chi connectivity index (χ0) is 19.6. The van der Waals surface area contributed by atoms with Crippen molar-refractivity contribution in [2.24, 2.45) is 5.41 Å². The van der Waals surface area contributed by atoms with Gasteiger partial charge in [-0.15, -0.1) is 13.2 Å². The molecule has 6 heteroatoms. The van der Waals surface area contributed by atoms with E-state index >= 15 is 0 Å². The number of hydrogen-bond acceptors (Lipinski definition) is 2. The molecule has 0 saturated carbocycles. The maximum absolute atomic E-state index is 13.5. The molecule has 27 heavy (non-hydrogen) atoms. The van der Waals surface area contributed by atoms with E-state index < -0.39 is 5.41 Å². The third kappa shape index (κ3) is 3.27. The van der Waals surface area contributed by atoms with E-state index in [0.717, 1.165) is 0 Å². The van der Waals surface area contributed by atoms with Crippen LogP contribution < -0.4 is 10.0 Å². The number of nitrogens with zero attached hydrogens (tertiary/aromatic N) is 2. The fourth-order valence-corrected chi connectivity index (χ4v) is 3.49. The first-order chi connectivity index (χ1) is 12.9. The molecule has 3 rings (SSSR count). The standard InChI is InChI=1S/C21H18Cl2N2O2/c1-3-13-21(14-4-2)19(26)24(17-9-5-15(22)6-10-17)25(20(21)27)18-11-7-16(23)8-12-18/h3-12H,1-2,13-14H2. The van der Waals surface area contributed by atoms with Gasteiger partial charge in [-0.3, -0.25) is 9.59 Å². The Kier molecular flexibility index (Phi) is 5.40. The highest BCUT2D eigenvalue weighted by atomic mass is 35.5. The summed E-state index contributed by atoms with van der Waals surface area (Å²) in [7, 11) is 0. The molecular formula is C21H18Cl2N2O2. The normalized spacial score (nSPS) is 15.9. The maximum atomic E-state index is 13.5. The number of carbonyl (C=O) groups excluding carboxylic acids is 2. The number of carbonyl (C=O) groups is 2. The van der Waals surface area contributed by atoms with Gasteiger partial charge in [-0.2, -0.15) is 0 Å². The summed E-state index contributed by atoms with van der Waals surface area (Å²) in [5, 5.41) is 3.85. The van der Waals surface area contributed by atoms with Crippen LogP contribution >= 0.6 is 23.2 Å². The predicted octanol–water partition coefficient (Wildman–Crippen LogP) is 5.43. The van der Waals surface area contributed by atoms with Crippen LogP contribution in [0.3, 0.4) is 0 Å². The highest BCUT2D eigenvalue weighted by Crippen LogP contribution is 2.43. The Bertz CT molecular complexity index is 816. The molecule has 2 amide bonds. The Labute approximate surface area is 168 Å². The summed E-state index contributed by atoms with van der Waals surface area (Å²) < 4.78 is 0. The summed E-state index contributed by atoms with van der Waals surface area (Å²) in [5.41, 5.74) is -0.187. The molecule has 0 atom stereocenters. The van der Waals surface area contributed by atoms with Crippen molar-refractivity contribution in [3.63, 3.8) is 0 Å². The molecule has 0 N–H and O–H groups in total. The Hall–Kier alpha value is -2.56. The number of halogens is 2. The van der Waals surface area contributed by atoms with Gasteiger partial charge in [0.05, 0.1) is 11.4 Å². The highest BCUT2D eigenvalue weighted by molar-refractivity contribution is 6.31. The van der Waals surface area contributed by atoms with E-state index in [1.807, 2.05) is 0 Å². The summed E-state index contributed by atoms with van der Waals surface area (Å²) in [4.78, 5) is 26.9. The fourth-order valence-electron chi connectivity index (χ4n) is 3.23. The van der Waals surface area contributed by atoms with Crippen molar-refractivity contribution in [1.29, 1.82) is 0 Å². The van der Waals surface area contributed by atoms with E-state index in [0.29, 0.717) is 21.4 Å². The van der Waals surface area contributed by atoms with Crippen molar-refractivity contribution in [2.75, 3.05) is 10.0 Å². The van der Waals surface area contributed by atoms with E-state index in [2.05, 4.69) is 13.2 Å². The maximum Gasteiger partial charge on any atom is 0.262 e. The van der Waals surface area contributed by atoms with Gasteiger partial charge in [0.2, 0.25) is 0 Å². The molecule has 1 aliphatic heterocycles. The van der Waals surface area contributed by atoms with Crippen molar-refractivity contribution in [1.82, 2.24) is 0 Å². The fraction of sp³-hybridized carbons (Fsp3) is 0.143. The molecule has 0 aromatic heterocycles. The molecule has 138 valence electrons. The zero-order valence-corrected chi connectivity index (χ0v) is 16.1. The average Bonchev–Trinajstić information content (AvgIpc) is 2.86. The number of hydrazine groups is 1. The van der Waals surface area contributed by atoms with Crippen LogP contribution in [0.1, 0.15) is 12.8 Å². The van der Waals surface area contributed by atoms with Crippen LogP contribution in [0.5, 0.6) is 0 Å². The topological polar surface area (TPSA) is 40.6 Å². The van der Waals surface area contributed by atoms with Gasteiger partial charge < -0.3 is 0 Å². The second-order valence-corrected chi connectivity index (χ2v) is 7.13. The van der Waals surface area contributed by atoms with E-state index in [9.17, 15) is 9.59 Å². The van der Waals surface area contributed by atoms with Crippen molar-refractivity contribution in [3.05, 3.63) is 83.9 Å². The Balaban J connectivity index is 2.19. The molecule has 2 aromatic rings. The number of hydrogen-bond donors (Lipinski definition) is 0. The quantitative estimate of drug-likeness (QED) is 0.479. The van der Waals surface area contributed by atoms with Crippen LogP contribution in [0.2, 0.25) is 10.0 Å². The molecule has 1 aliphatic rings. The lowest BCUT2D eigenvalue weighted by atomic mass is 9.80. The minimum atomic E-state index is -1.28. The summed E-state index contributed by atoms with van der Waals surface area (Å²) in [5.74, 6) is -0.658. The number of amides is 2. The molecule has 2 aromatic carbocycles. The molecule has 1 saturated heterocycles. The van der Waals surface area contributed by atoms with Crippen molar-refractivity contribution >= 4 is 46.4 Å². The molecule has 0 bridgehead atoms. The van der Waals surface area contributed by atoms with Crippen molar-refractivity contribution in [2.45, 2.75) is 12.8 Å². The van der Waals surface area contributed by atoms with Gasteiger partial charge in [0.1, 0.15) is 5.41 Å². The first-order valence-corrected chi connectivity index (χ1v) is 9.12. The predicted molar refractivity (Wildman–Crippen MR) is 110 cm³/mol. The minimum absolute atomic E-state index is 0.213. The third-order valence-electron chi connectivity index (χ3n) is 4.53. The molecular weight excluding hydrogens is 383 g/mol. The Morgan fingerprint density at radius 3 is 1.37 bits per heavy atom. The number of allylic oxidation sites excluding steroid dienone is 2. The van der Waals surface area contributed by atoms with Gasteiger partial charge in [-0.05, 0) is 61.4 Å². The number of rotatable bonds is 6. The van der Waals surface area contributed by atoms with Crippen LogP contribution in [0.4, 0.5) is 11.4 Å². The van der Waals surface area contributed by atoms with Crippen LogP contribution in [-0.2, 0) is 9.59 Å². The second-order valence-electron chi connectivity index (χ2n) is 6.25. The number of benzene rings is 2. The molecule has 1 fully saturated rings. The van der Waals surface area contributed by atoms with E-state index in [1.165, 1.54) is 10.0 Å². The summed E-state index contributed by atoms with van der Waals surface area (Å²) in [6.07, 6.45) is 3.60. The monoisotopic (exact) mass is 400 g/mol. The molecule has 0 spiro atoms. The van der Waals surface area contributed by atoms with Gasteiger partial charge in [0, 0.05) is 10.0 Å². The summed E-state index contributed by atoms with van der Waals surface area (Å²) in [6, 6.07) is 13.5. The first kappa shape index (κ1) is 19.2. The SMILES string of the molecule is C=CCC1(CC=C)C(=O)N(c2ccc(Cl)cc2)N(c2ccc(Cl)cc2)C1=O. The van der Waals surface area contributed by atoms with Gasteiger partial charge >= 0.3 is 0 Å². The Morgan fingerprint density at radius 2 is 1.07 bits per heavy atom. The molecule has 1 heterocycles. The van der Waals surface area contributed by atoms with Crippen LogP contribution in [-0.4, -0.2) is 11.8 Å². The Morgan fingerprint density at radius 1 is 0.741 bits per heavy atom. The van der Waals surface area contributed by atoms with Crippen molar-refractivity contribution in [3.8, 4) is 0 Å². The average molecular weight is 401 g/mol. The highest BCUT2D eigenvalue weighted by Gasteiger charge is 2.57. The first-order valence-electron chi connectivity index (χ1n) is 8.36. The van der Waals surface area contributed by atoms with Crippen molar-refractivity contribution < 1.29 is 9.59 Å². The molecule has 0 radical (unpaired) electrons. The van der Waals surface area contributed by atoms with Gasteiger partial charge in [-0.25, -0.2) is 10.0 Å². The van der Waals surface area contributed by atoms with Gasteiger partial charge in [0.25, 0.3) is 11.8 Å². The lowest BCUT2D eigenvalue weighted by molar-refractivity contribution is -0.134. The van der Waals surface area contributed by atoms with E-state index in [1.54, 1.807) is 60.7 Å². The molecule has 0 aliphatic carbocycles. The smallest absolute Gasteiger partial charge is 0.262 e. The lowest BCUT2D eigenvalue weighted by Gasteiger charge is -2.27. The van der Waals surface area contributed by atoms with Crippen LogP contribution in [0, 0.1) is 5.41 Å². The summed E-state index contributed by atoms with van der Waals surface area (Å²) >= 11 is 12.0. The van der Waals surface area contributed by atoms with E-state index in [4.69, 9.17) is 23.2 Å². The van der Waals surface area contributed by atoms with Crippen LogP contribution in [0.15, 0.2) is 73.8 Å². The zero-order valence-electron chi connectivity index (χ0n) is 14.6. The van der Waals surface area contributed by atoms with Gasteiger partial charge in [0.15, 0.2) is 0 Å².